The maximum atomic E-state index is 11.3. The molecule has 1 fully saturated rings. The average Bonchev–Trinajstić information content (AvgIpc) is 2.79. The zero-order valence-corrected chi connectivity index (χ0v) is 18.4. The lowest BCUT2D eigenvalue weighted by Crippen LogP contribution is -2.39. The Morgan fingerprint density at radius 3 is 2.62 bits per heavy atom. The van der Waals surface area contributed by atoms with Crippen molar-refractivity contribution in [2.24, 2.45) is 0 Å². The number of carbonyl (C=O) groups is 1. The number of hydrogen-bond acceptors (Lipinski definition) is 7. The fourth-order valence-corrected chi connectivity index (χ4v) is 4.55. The molecule has 8 nitrogen and oxygen atoms in total. The van der Waals surface area contributed by atoms with Crippen molar-refractivity contribution in [1.29, 1.82) is 0 Å². The zero-order chi connectivity index (χ0) is 22.1. The number of rotatable bonds is 4. The van der Waals surface area contributed by atoms with Crippen molar-refractivity contribution in [2.45, 2.75) is 51.6 Å². The number of fused-ring (bicyclic) bond motifs is 2. The van der Waals surface area contributed by atoms with Crippen LogP contribution < -0.4 is 20.1 Å². The Labute approximate surface area is 186 Å². The molecule has 0 unspecified atom stereocenters. The molecule has 3 heterocycles. The lowest BCUT2D eigenvalue weighted by atomic mass is 9.91. The van der Waals surface area contributed by atoms with Gasteiger partial charge >= 0.3 is 0 Å². The monoisotopic (exact) mass is 433 g/mol. The molecule has 2 N–H and O–H groups in total. The van der Waals surface area contributed by atoms with Gasteiger partial charge in [-0.1, -0.05) is 6.07 Å². The van der Waals surface area contributed by atoms with Gasteiger partial charge in [-0.15, -0.1) is 0 Å². The first-order valence-corrected chi connectivity index (χ1v) is 11.1. The second kappa shape index (κ2) is 8.61. The Morgan fingerprint density at radius 2 is 1.81 bits per heavy atom. The van der Waals surface area contributed by atoms with E-state index in [9.17, 15) is 4.79 Å². The van der Waals surface area contributed by atoms with Crippen molar-refractivity contribution in [3.05, 3.63) is 36.2 Å². The molecule has 5 rings (SSSR count). The molecule has 0 saturated heterocycles. The van der Waals surface area contributed by atoms with Crippen molar-refractivity contribution < 1.29 is 14.3 Å². The van der Waals surface area contributed by atoms with E-state index >= 15 is 0 Å². The summed E-state index contributed by atoms with van der Waals surface area (Å²) in [7, 11) is 0. The van der Waals surface area contributed by atoms with E-state index in [1.165, 1.54) is 0 Å². The summed E-state index contributed by atoms with van der Waals surface area (Å²) < 4.78 is 11.5. The van der Waals surface area contributed by atoms with Crippen molar-refractivity contribution >= 4 is 22.8 Å². The van der Waals surface area contributed by atoms with Crippen LogP contribution in [0.5, 0.6) is 11.6 Å². The third-order valence-electron chi connectivity index (χ3n) is 6.11. The van der Waals surface area contributed by atoms with Gasteiger partial charge in [-0.2, -0.15) is 0 Å². The molecule has 1 aromatic carbocycles. The van der Waals surface area contributed by atoms with Crippen molar-refractivity contribution in [1.82, 2.24) is 20.3 Å². The first-order chi connectivity index (χ1) is 15.6. The average molecular weight is 434 g/mol. The largest absolute Gasteiger partial charge is 0.484 e. The van der Waals surface area contributed by atoms with Crippen LogP contribution in [0.1, 0.15) is 38.3 Å². The minimum Gasteiger partial charge on any atom is -0.484 e. The van der Waals surface area contributed by atoms with Crippen LogP contribution in [0, 0.1) is 6.92 Å². The SMILES string of the molecule is CC(=O)N[C@H]1CC[C@@H](Nc2nc(C)c3cc(-c4ccnc5c4OCCO5)ccc3n2)CC1. The van der Waals surface area contributed by atoms with Gasteiger partial charge in [-0.05, 0) is 56.4 Å². The summed E-state index contributed by atoms with van der Waals surface area (Å²) >= 11 is 0. The fourth-order valence-electron chi connectivity index (χ4n) is 4.55. The van der Waals surface area contributed by atoms with Gasteiger partial charge in [-0.25, -0.2) is 15.0 Å². The van der Waals surface area contributed by atoms with E-state index in [-0.39, 0.29) is 11.9 Å². The highest BCUT2D eigenvalue weighted by Gasteiger charge is 2.23. The number of carbonyl (C=O) groups excluding carboxylic acids is 1. The molecule has 3 aromatic rings. The van der Waals surface area contributed by atoms with Gasteiger partial charge < -0.3 is 20.1 Å². The summed E-state index contributed by atoms with van der Waals surface area (Å²) in [6, 6.07) is 8.70. The Kier molecular flexibility index (Phi) is 5.51. The molecule has 0 atom stereocenters. The molecule has 0 bridgehead atoms. The second-order valence-corrected chi connectivity index (χ2v) is 8.45. The quantitative estimate of drug-likeness (QED) is 0.648. The topological polar surface area (TPSA) is 98.3 Å². The summed E-state index contributed by atoms with van der Waals surface area (Å²) in [5.41, 5.74) is 3.79. The molecule has 1 aliphatic carbocycles. The lowest BCUT2D eigenvalue weighted by Gasteiger charge is -2.29. The summed E-state index contributed by atoms with van der Waals surface area (Å²) in [6.07, 6.45) is 5.65. The van der Waals surface area contributed by atoms with Gasteiger partial charge in [0.05, 0.1) is 11.2 Å². The minimum atomic E-state index is 0.0423. The highest BCUT2D eigenvalue weighted by Crippen LogP contribution is 2.39. The van der Waals surface area contributed by atoms with Crippen LogP contribution in [0.25, 0.3) is 22.0 Å². The third kappa shape index (κ3) is 4.17. The smallest absolute Gasteiger partial charge is 0.257 e. The maximum absolute atomic E-state index is 11.3. The normalized spacial score (nSPS) is 20.1. The standard InChI is InChI=1S/C24H27N5O3/c1-14-20-13-16(19-9-10-25-23-22(19)31-11-12-32-23)3-8-21(20)29-24(26-14)28-18-6-4-17(5-7-18)27-15(2)30/h3,8-10,13,17-18H,4-7,11-12H2,1-2H3,(H,27,30)(H,26,28,29)/t17-,18+. The minimum absolute atomic E-state index is 0.0423. The Bertz CT molecular complexity index is 1160. The molecule has 8 heteroatoms. The van der Waals surface area contributed by atoms with E-state index in [1.807, 2.05) is 25.1 Å². The van der Waals surface area contributed by atoms with E-state index in [1.54, 1.807) is 13.1 Å². The Morgan fingerprint density at radius 1 is 1.03 bits per heavy atom. The number of anilines is 1. The number of ether oxygens (including phenoxy) is 2. The van der Waals surface area contributed by atoms with E-state index < -0.39 is 0 Å². The van der Waals surface area contributed by atoms with Crippen molar-refractivity contribution in [2.75, 3.05) is 18.5 Å². The van der Waals surface area contributed by atoms with Gasteiger partial charge in [0.1, 0.15) is 13.2 Å². The number of nitrogens with one attached hydrogen (secondary N) is 2. The van der Waals surface area contributed by atoms with Gasteiger partial charge in [0.15, 0.2) is 5.75 Å². The summed E-state index contributed by atoms with van der Waals surface area (Å²) in [5, 5.41) is 7.52. The van der Waals surface area contributed by atoms with Crippen LogP contribution in [-0.2, 0) is 4.79 Å². The van der Waals surface area contributed by atoms with Crippen molar-refractivity contribution in [3.63, 3.8) is 0 Å². The first kappa shape index (κ1) is 20.5. The number of amides is 1. The predicted molar refractivity (Wildman–Crippen MR) is 122 cm³/mol. The van der Waals surface area contributed by atoms with Gasteiger partial charge in [0, 0.05) is 36.2 Å². The maximum Gasteiger partial charge on any atom is 0.257 e. The number of hydrogen-bond donors (Lipinski definition) is 2. The van der Waals surface area contributed by atoms with Crippen LogP contribution in [0.15, 0.2) is 30.5 Å². The van der Waals surface area contributed by atoms with Gasteiger partial charge in [0.25, 0.3) is 5.88 Å². The van der Waals surface area contributed by atoms with Gasteiger partial charge in [-0.3, -0.25) is 4.79 Å². The van der Waals surface area contributed by atoms with Crippen LogP contribution >= 0.6 is 0 Å². The second-order valence-electron chi connectivity index (χ2n) is 8.45. The third-order valence-corrected chi connectivity index (χ3v) is 6.11. The van der Waals surface area contributed by atoms with E-state index in [2.05, 4.69) is 21.7 Å². The van der Waals surface area contributed by atoms with Crippen LogP contribution in [0.3, 0.4) is 0 Å². The van der Waals surface area contributed by atoms with E-state index in [4.69, 9.17) is 19.4 Å². The molecule has 32 heavy (non-hydrogen) atoms. The van der Waals surface area contributed by atoms with Crippen molar-refractivity contribution in [3.8, 4) is 22.8 Å². The highest BCUT2D eigenvalue weighted by atomic mass is 16.6. The molecular formula is C24H27N5O3. The van der Waals surface area contributed by atoms with Gasteiger partial charge in [0.2, 0.25) is 11.9 Å². The van der Waals surface area contributed by atoms with Crippen LogP contribution in [-0.4, -0.2) is 46.2 Å². The lowest BCUT2D eigenvalue weighted by molar-refractivity contribution is -0.119. The van der Waals surface area contributed by atoms with Crippen LogP contribution in [0.2, 0.25) is 0 Å². The molecule has 2 aliphatic rings. The molecule has 0 spiro atoms. The Hall–Kier alpha value is -3.42. The van der Waals surface area contributed by atoms with Crippen LogP contribution in [0.4, 0.5) is 5.95 Å². The zero-order valence-electron chi connectivity index (χ0n) is 18.4. The molecule has 1 aliphatic heterocycles. The summed E-state index contributed by atoms with van der Waals surface area (Å²) in [5.74, 6) is 1.92. The van der Waals surface area contributed by atoms with E-state index in [0.29, 0.717) is 36.8 Å². The summed E-state index contributed by atoms with van der Waals surface area (Å²) in [6.45, 7) is 4.61. The first-order valence-electron chi connectivity index (χ1n) is 11.1. The highest BCUT2D eigenvalue weighted by molar-refractivity contribution is 5.88. The predicted octanol–water partition coefficient (Wildman–Crippen LogP) is 3.63. The number of aromatic nitrogens is 3. The number of benzene rings is 1. The molecular weight excluding hydrogens is 406 g/mol. The summed E-state index contributed by atoms with van der Waals surface area (Å²) in [4.78, 5) is 25.0. The molecule has 2 aromatic heterocycles. The molecule has 1 saturated carbocycles. The number of pyridine rings is 1. The number of aryl methyl sites for hydroxylation is 1. The molecule has 0 radical (unpaired) electrons. The molecule has 1 amide bonds. The Balaban J connectivity index is 1.36. The van der Waals surface area contributed by atoms with E-state index in [0.717, 1.165) is 53.4 Å². The fraction of sp³-hybridized carbons (Fsp3) is 0.417. The molecule has 166 valence electrons. The number of nitrogens with zero attached hydrogens (tertiary/aromatic N) is 3.